The van der Waals surface area contributed by atoms with E-state index in [-0.39, 0.29) is 5.82 Å². The Morgan fingerprint density at radius 3 is 2.76 bits per heavy atom. The quantitative estimate of drug-likeness (QED) is 0.656. The van der Waals surface area contributed by atoms with Crippen molar-refractivity contribution in [3.63, 3.8) is 0 Å². The summed E-state index contributed by atoms with van der Waals surface area (Å²) in [5.74, 6) is 0.599. The normalized spacial score (nSPS) is 11.5. The van der Waals surface area contributed by atoms with Crippen LogP contribution < -0.4 is 10.6 Å². The molecule has 0 atom stereocenters. The molecule has 3 nitrogen and oxygen atoms in total. The topological polar surface area (TPSA) is 36.4 Å². The molecule has 0 unspecified atom stereocenters. The smallest absolute Gasteiger partial charge is 0.191 e. The van der Waals surface area contributed by atoms with Crippen molar-refractivity contribution in [3.05, 3.63) is 57.5 Å². The second-order valence-electron chi connectivity index (χ2n) is 4.76. The first-order valence-corrected chi connectivity index (χ1v) is 7.91. The first-order valence-electron chi connectivity index (χ1n) is 6.97. The summed E-state index contributed by atoms with van der Waals surface area (Å²) < 4.78 is 13.2. The van der Waals surface area contributed by atoms with E-state index in [1.165, 1.54) is 11.6 Å². The van der Waals surface area contributed by atoms with Crippen LogP contribution in [0.4, 0.5) is 4.39 Å². The van der Waals surface area contributed by atoms with E-state index in [2.05, 4.69) is 27.1 Å². The Morgan fingerprint density at radius 1 is 1.24 bits per heavy atom. The Bertz CT molecular complexity index is 594. The molecule has 0 aliphatic heterocycles. The van der Waals surface area contributed by atoms with Gasteiger partial charge in [0.2, 0.25) is 0 Å². The van der Waals surface area contributed by atoms with Crippen LogP contribution in [-0.4, -0.2) is 12.5 Å². The number of aryl methyl sites for hydroxylation is 1. The molecule has 0 saturated carbocycles. The number of nitrogens with one attached hydrogen (secondary N) is 2. The zero-order valence-electron chi connectivity index (χ0n) is 12.3. The van der Waals surface area contributed by atoms with E-state index in [4.69, 9.17) is 0 Å². The number of halogens is 1. The summed E-state index contributed by atoms with van der Waals surface area (Å²) in [6, 6.07) is 7.21. The van der Waals surface area contributed by atoms with Gasteiger partial charge in [-0.2, -0.15) is 11.3 Å². The first-order chi connectivity index (χ1) is 10.2. The SMILES string of the molecule is CCNC(=NCc1ccsc1)NCc1ccc(F)c(C)c1. The molecule has 5 heteroatoms. The predicted molar refractivity (Wildman–Crippen MR) is 87.1 cm³/mol. The van der Waals surface area contributed by atoms with Gasteiger partial charge in [-0.1, -0.05) is 12.1 Å². The Balaban J connectivity index is 1.95. The highest BCUT2D eigenvalue weighted by Crippen LogP contribution is 2.09. The summed E-state index contributed by atoms with van der Waals surface area (Å²) in [5.41, 5.74) is 2.90. The number of nitrogens with zero attached hydrogens (tertiary/aromatic N) is 1. The molecule has 0 amide bonds. The predicted octanol–water partition coefficient (Wildman–Crippen LogP) is 3.45. The molecule has 2 aromatic rings. The Morgan fingerprint density at radius 2 is 2.10 bits per heavy atom. The summed E-state index contributed by atoms with van der Waals surface area (Å²) in [6.45, 7) is 5.88. The molecule has 21 heavy (non-hydrogen) atoms. The van der Waals surface area contributed by atoms with Crippen LogP contribution in [-0.2, 0) is 13.1 Å². The van der Waals surface area contributed by atoms with Crippen molar-refractivity contribution in [1.29, 1.82) is 0 Å². The molecule has 1 aromatic carbocycles. The molecule has 0 aliphatic rings. The lowest BCUT2D eigenvalue weighted by Crippen LogP contribution is -2.36. The summed E-state index contributed by atoms with van der Waals surface area (Å²) >= 11 is 1.67. The van der Waals surface area contributed by atoms with Gasteiger partial charge in [0, 0.05) is 13.1 Å². The summed E-state index contributed by atoms with van der Waals surface area (Å²) in [7, 11) is 0. The number of benzene rings is 1. The molecular formula is C16H20FN3S. The van der Waals surface area contributed by atoms with Crippen molar-refractivity contribution >= 4 is 17.3 Å². The molecule has 2 rings (SSSR count). The second-order valence-corrected chi connectivity index (χ2v) is 5.54. The minimum atomic E-state index is -0.170. The molecule has 0 saturated heterocycles. The van der Waals surface area contributed by atoms with Gasteiger partial charge in [0.1, 0.15) is 5.82 Å². The summed E-state index contributed by atoms with van der Waals surface area (Å²) in [6.07, 6.45) is 0. The van der Waals surface area contributed by atoms with E-state index >= 15 is 0 Å². The number of aliphatic imine (C=N–C) groups is 1. The van der Waals surface area contributed by atoms with Crippen LogP contribution >= 0.6 is 11.3 Å². The van der Waals surface area contributed by atoms with Crippen molar-refractivity contribution in [2.24, 2.45) is 4.99 Å². The van der Waals surface area contributed by atoms with Crippen LogP contribution in [0.2, 0.25) is 0 Å². The fourth-order valence-electron chi connectivity index (χ4n) is 1.90. The molecule has 0 fully saturated rings. The Labute approximate surface area is 128 Å². The van der Waals surface area contributed by atoms with E-state index < -0.39 is 0 Å². The van der Waals surface area contributed by atoms with Gasteiger partial charge in [-0.3, -0.25) is 0 Å². The maximum absolute atomic E-state index is 13.2. The average molecular weight is 305 g/mol. The van der Waals surface area contributed by atoms with E-state index in [0.29, 0.717) is 18.7 Å². The molecular weight excluding hydrogens is 285 g/mol. The lowest BCUT2D eigenvalue weighted by Gasteiger charge is -2.11. The van der Waals surface area contributed by atoms with Crippen molar-refractivity contribution < 1.29 is 4.39 Å². The van der Waals surface area contributed by atoms with Gasteiger partial charge < -0.3 is 10.6 Å². The first kappa shape index (κ1) is 15.5. The van der Waals surface area contributed by atoms with E-state index in [0.717, 1.165) is 18.1 Å². The number of thiophene rings is 1. The molecule has 0 bridgehead atoms. The molecule has 2 N–H and O–H groups in total. The van der Waals surface area contributed by atoms with Gasteiger partial charge in [-0.05, 0) is 53.4 Å². The van der Waals surface area contributed by atoms with Gasteiger partial charge in [0.05, 0.1) is 6.54 Å². The van der Waals surface area contributed by atoms with Crippen LogP contribution in [0.5, 0.6) is 0 Å². The Hall–Kier alpha value is -1.88. The second kappa shape index (κ2) is 7.78. The number of hydrogen-bond donors (Lipinski definition) is 2. The minimum absolute atomic E-state index is 0.170. The van der Waals surface area contributed by atoms with Gasteiger partial charge in [-0.25, -0.2) is 9.38 Å². The molecule has 1 aromatic heterocycles. The third-order valence-corrected chi connectivity index (χ3v) is 3.76. The third kappa shape index (κ3) is 4.86. The van der Waals surface area contributed by atoms with E-state index in [1.807, 2.05) is 18.4 Å². The number of guanidine groups is 1. The molecule has 0 aliphatic carbocycles. The van der Waals surface area contributed by atoms with Crippen LogP contribution in [0.15, 0.2) is 40.0 Å². The van der Waals surface area contributed by atoms with Gasteiger partial charge >= 0.3 is 0 Å². The average Bonchev–Trinajstić information content (AvgIpc) is 2.99. The number of hydrogen-bond acceptors (Lipinski definition) is 2. The summed E-state index contributed by atoms with van der Waals surface area (Å²) in [5, 5.41) is 10.6. The number of rotatable bonds is 5. The maximum Gasteiger partial charge on any atom is 0.191 e. The zero-order chi connectivity index (χ0) is 15.1. The standard InChI is InChI=1S/C16H20FN3S/c1-3-18-16(20-10-14-6-7-21-11-14)19-9-13-4-5-15(17)12(2)8-13/h4-8,11H,3,9-10H2,1-2H3,(H2,18,19,20). The largest absolute Gasteiger partial charge is 0.357 e. The Kier molecular flexibility index (Phi) is 5.75. The zero-order valence-corrected chi connectivity index (χ0v) is 13.1. The van der Waals surface area contributed by atoms with E-state index in [9.17, 15) is 4.39 Å². The van der Waals surface area contributed by atoms with Gasteiger partial charge in [0.15, 0.2) is 5.96 Å². The highest BCUT2D eigenvalue weighted by Gasteiger charge is 2.01. The molecule has 112 valence electrons. The molecule has 0 radical (unpaired) electrons. The van der Waals surface area contributed by atoms with Gasteiger partial charge in [-0.15, -0.1) is 0 Å². The van der Waals surface area contributed by atoms with Gasteiger partial charge in [0.25, 0.3) is 0 Å². The maximum atomic E-state index is 13.2. The molecule has 1 heterocycles. The van der Waals surface area contributed by atoms with Crippen molar-refractivity contribution in [1.82, 2.24) is 10.6 Å². The lowest BCUT2D eigenvalue weighted by atomic mass is 10.1. The van der Waals surface area contributed by atoms with E-state index in [1.54, 1.807) is 24.3 Å². The van der Waals surface area contributed by atoms with Crippen molar-refractivity contribution in [2.75, 3.05) is 6.54 Å². The fourth-order valence-corrected chi connectivity index (χ4v) is 2.56. The van der Waals surface area contributed by atoms with Crippen LogP contribution in [0, 0.1) is 12.7 Å². The minimum Gasteiger partial charge on any atom is -0.357 e. The van der Waals surface area contributed by atoms with Crippen LogP contribution in [0.3, 0.4) is 0 Å². The van der Waals surface area contributed by atoms with Crippen LogP contribution in [0.1, 0.15) is 23.6 Å². The van der Waals surface area contributed by atoms with Crippen molar-refractivity contribution in [3.8, 4) is 0 Å². The van der Waals surface area contributed by atoms with Crippen LogP contribution in [0.25, 0.3) is 0 Å². The summed E-state index contributed by atoms with van der Waals surface area (Å²) in [4.78, 5) is 4.54. The highest BCUT2D eigenvalue weighted by molar-refractivity contribution is 7.07. The lowest BCUT2D eigenvalue weighted by molar-refractivity contribution is 0.617. The fraction of sp³-hybridized carbons (Fsp3) is 0.312. The molecule has 0 spiro atoms. The van der Waals surface area contributed by atoms with Crippen molar-refractivity contribution in [2.45, 2.75) is 26.9 Å². The highest BCUT2D eigenvalue weighted by atomic mass is 32.1. The monoisotopic (exact) mass is 305 g/mol. The third-order valence-electron chi connectivity index (χ3n) is 3.03.